The van der Waals surface area contributed by atoms with Crippen molar-refractivity contribution in [3.05, 3.63) is 35.6 Å². The van der Waals surface area contributed by atoms with E-state index in [9.17, 15) is 9.18 Å². The van der Waals surface area contributed by atoms with Crippen molar-refractivity contribution in [3.8, 4) is 0 Å². The van der Waals surface area contributed by atoms with Crippen LogP contribution in [-0.4, -0.2) is 55.5 Å². The summed E-state index contributed by atoms with van der Waals surface area (Å²) in [6.07, 6.45) is 8.52. The van der Waals surface area contributed by atoms with Crippen LogP contribution >= 0.6 is 0 Å². The molecule has 3 N–H and O–H groups in total. The topological polar surface area (TPSA) is 68.8 Å². The monoisotopic (exact) mass is 443 g/mol. The summed E-state index contributed by atoms with van der Waals surface area (Å²) in [4.78, 5) is 19.2. The van der Waals surface area contributed by atoms with E-state index in [4.69, 9.17) is 0 Å². The van der Waals surface area contributed by atoms with Crippen LogP contribution in [0.25, 0.3) is 0 Å². The van der Waals surface area contributed by atoms with Crippen LogP contribution in [0.1, 0.15) is 56.9 Å². The van der Waals surface area contributed by atoms with Crippen LogP contribution in [0.5, 0.6) is 0 Å². The Hall–Kier alpha value is -2.15. The van der Waals surface area contributed by atoms with Gasteiger partial charge in [0.05, 0.1) is 0 Å². The van der Waals surface area contributed by atoms with Crippen LogP contribution < -0.4 is 16.0 Å². The third-order valence-corrected chi connectivity index (χ3v) is 7.15. The summed E-state index contributed by atoms with van der Waals surface area (Å²) in [5, 5.41) is 10.2. The molecular formula is C25H38FN5O. The molecule has 1 aliphatic heterocycles. The number of carbonyl (C=O) groups excluding carboxylic acids is 1. The molecule has 1 saturated heterocycles. The average molecular weight is 444 g/mol. The lowest BCUT2D eigenvalue weighted by Gasteiger charge is -2.33. The molecule has 3 aliphatic rings. The fourth-order valence-electron chi connectivity index (χ4n) is 4.95. The standard InChI is InChI=1S/C25H38FN5O/c1-27-25(30-22-7-4-6-19(15-22)24(32)29-21-9-10-21)28-16-18-11-13-31(14-12-18)17-20-5-2-3-8-23(20)26/h2-3,5,8,18-19,21-22H,4,6-7,9-17H2,1H3,(H,29,32)(H2,27,28,30). The second-order valence-electron chi connectivity index (χ2n) is 9.75. The number of hydrogen-bond donors (Lipinski definition) is 3. The van der Waals surface area contributed by atoms with E-state index in [-0.39, 0.29) is 17.6 Å². The molecule has 176 valence electrons. The summed E-state index contributed by atoms with van der Waals surface area (Å²) in [7, 11) is 1.81. The summed E-state index contributed by atoms with van der Waals surface area (Å²) in [5.74, 6) is 1.69. The lowest BCUT2D eigenvalue weighted by Crippen LogP contribution is -2.48. The third kappa shape index (κ3) is 6.67. The fraction of sp³-hybridized carbons (Fsp3) is 0.680. The molecule has 3 fully saturated rings. The number of piperidine rings is 1. The van der Waals surface area contributed by atoms with E-state index in [0.29, 0.717) is 24.5 Å². The Bertz CT molecular complexity index is 788. The highest BCUT2D eigenvalue weighted by molar-refractivity contribution is 5.81. The minimum Gasteiger partial charge on any atom is -0.356 e. The molecule has 1 aromatic carbocycles. The van der Waals surface area contributed by atoms with Crippen molar-refractivity contribution in [2.24, 2.45) is 16.8 Å². The van der Waals surface area contributed by atoms with E-state index in [1.54, 1.807) is 12.1 Å². The molecule has 2 atom stereocenters. The van der Waals surface area contributed by atoms with Crippen LogP contribution in [0.2, 0.25) is 0 Å². The van der Waals surface area contributed by atoms with Gasteiger partial charge in [0.2, 0.25) is 5.91 Å². The van der Waals surface area contributed by atoms with Crippen LogP contribution in [0, 0.1) is 17.7 Å². The zero-order valence-corrected chi connectivity index (χ0v) is 19.3. The lowest BCUT2D eigenvalue weighted by molar-refractivity contribution is -0.126. The maximum atomic E-state index is 13.9. The van der Waals surface area contributed by atoms with Crippen molar-refractivity contribution in [2.75, 3.05) is 26.7 Å². The number of carbonyl (C=O) groups is 1. The molecule has 2 aliphatic carbocycles. The van der Waals surface area contributed by atoms with E-state index in [2.05, 4.69) is 25.8 Å². The highest BCUT2D eigenvalue weighted by Crippen LogP contribution is 2.27. The van der Waals surface area contributed by atoms with E-state index in [1.165, 1.54) is 0 Å². The van der Waals surface area contributed by atoms with Gasteiger partial charge in [-0.1, -0.05) is 24.6 Å². The Morgan fingerprint density at radius 2 is 1.84 bits per heavy atom. The maximum Gasteiger partial charge on any atom is 0.223 e. The second kappa shape index (κ2) is 11.1. The first-order chi connectivity index (χ1) is 15.6. The SMILES string of the molecule is CN=C(NCC1CCN(Cc2ccccc2F)CC1)NC1CCCC(C(=O)NC2CC2)C1. The Morgan fingerprint density at radius 1 is 1.06 bits per heavy atom. The normalized spacial score (nSPS) is 25.4. The maximum absolute atomic E-state index is 13.9. The number of amides is 1. The lowest BCUT2D eigenvalue weighted by atomic mass is 9.85. The molecule has 4 rings (SSSR count). The van der Waals surface area contributed by atoms with Gasteiger partial charge in [0.15, 0.2) is 5.96 Å². The molecule has 1 amide bonds. The number of nitrogens with one attached hydrogen (secondary N) is 3. The molecule has 0 spiro atoms. The first-order valence-electron chi connectivity index (χ1n) is 12.3. The van der Waals surface area contributed by atoms with Crippen LogP contribution in [0.15, 0.2) is 29.3 Å². The summed E-state index contributed by atoms with van der Waals surface area (Å²) >= 11 is 0. The molecular weight excluding hydrogens is 405 g/mol. The Kier molecular flexibility index (Phi) is 8.00. The molecule has 6 nitrogen and oxygen atoms in total. The average Bonchev–Trinajstić information content (AvgIpc) is 3.63. The van der Waals surface area contributed by atoms with E-state index in [1.807, 2.05) is 19.2 Å². The van der Waals surface area contributed by atoms with Gasteiger partial charge in [0.1, 0.15) is 5.82 Å². The van der Waals surface area contributed by atoms with Gasteiger partial charge < -0.3 is 16.0 Å². The summed E-state index contributed by atoms with van der Waals surface area (Å²) in [5.41, 5.74) is 0.783. The van der Waals surface area contributed by atoms with Crippen molar-refractivity contribution >= 4 is 11.9 Å². The first-order valence-corrected chi connectivity index (χ1v) is 12.3. The Labute approximate surface area is 191 Å². The van der Waals surface area contributed by atoms with Gasteiger partial charge in [-0.15, -0.1) is 0 Å². The first kappa shape index (κ1) is 23.0. The van der Waals surface area contributed by atoms with Gasteiger partial charge in [-0.3, -0.25) is 14.7 Å². The molecule has 1 heterocycles. The van der Waals surface area contributed by atoms with Crippen LogP contribution in [0.4, 0.5) is 4.39 Å². The number of aliphatic imine (C=N–C) groups is 1. The van der Waals surface area contributed by atoms with Crippen molar-refractivity contribution in [2.45, 2.75) is 70.0 Å². The zero-order chi connectivity index (χ0) is 22.3. The van der Waals surface area contributed by atoms with Crippen LogP contribution in [0.3, 0.4) is 0 Å². The van der Waals surface area contributed by atoms with Gasteiger partial charge in [0, 0.05) is 43.7 Å². The number of guanidine groups is 1. The molecule has 1 aromatic rings. The van der Waals surface area contributed by atoms with Crippen molar-refractivity contribution in [1.82, 2.24) is 20.9 Å². The fourth-order valence-corrected chi connectivity index (χ4v) is 4.95. The number of nitrogens with zero attached hydrogens (tertiary/aromatic N) is 2. The quantitative estimate of drug-likeness (QED) is 0.448. The molecule has 0 aromatic heterocycles. The van der Waals surface area contributed by atoms with E-state index in [0.717, 1.165) is 82.5 Å². The summed E-state index contributed by atoms with van der Waals surface area (Å²) in [6, 6.07) is 7.80. The molecule has 32 heavy (non-hydrogen) atoms. The summed E-state index contributed by atoms with van der Waals surface area (Å²) < 4.78 is 13.9. The van der Waals surface area contributed by atoms with Gasteiger partial charge in [-0.25, -0.2) is 4.39 Å². The van der Waals surface area contributed by atoms with Gasteiger partial charge >= 0.3 is 0 Å². The number of halogens is 1. The Balaban J connectivity index is 1.16. The van der Waals surface area contributed by atoms with Crippen molar-refractivity contribution < 1.29 is 9.18 Å². The van der Waals surface area contributed by atoms with Crippen LogP contribution in [-0.2, 0) is 11.3 Å². The third-order valence-electron chi connectivity index (χ3n) is 7.15. The zero-order valence-electron chi connectivity index (χ0n) is 19.3. The largest absolute Gasteiger partial charge is 0.356 e. The highest BCUT2D eigenvalue weighted by Gasteiger charge is 2.31. The molecule has 7 heteroatoms. The highest BCUT2D eigenvalue weighted by atomic mass is 19.1. The minimum atomic E-state index is -0.110. The molecule has 0 bridgehead atoms. The molecule has 2 unspecified atom stereocenters. The number of hydrogen-bond acceptors (Lipinski definition) is 3. The van der Waals surface area contributed by atoms with Crippen molar-refractivity contribution in [3.63, 3.8) is 0 Å². The van der Waals surface area contributed by atoms with Gasteiger partial charge in [-0.2, -0.15) is 0 Å². The predicted molar refractivity (Wildman–Crippen MR) is 126 cm³/mol. The predicted octanol–water partition coefficient (Wildman–Crippen LogP) is 3.04. The second-order valence-corrected chi connectivity index (χ2v) is 9.75. The number of likely N-dealkylation sites (tertiary alicyclic amines) is 1. The smallest absolute Gasteiger partial charge is 0.223 e. The Morgan fingerprint density at radius 3 is 2.56 bits per heavy atom. The number of benzene rings is 1. The summed E-state index contributed by atoms with van der Waals surface area (Å²) in [6.45, 7) is 3.57. The van der Waals surface area contributed by atoms with Gasteiger partial charge in [-0.05, 0) is 70.0 Å². The molecule has 0 radical (unpaired) electrons. The number of rotatable bonds is 7. The van der Waals surface area contributed by atoms with E-state index < -0.39 is 0 Å². The van der Waals surface area contributed by atoms with Gasteiger partial charge in [0.25, 0.3) is 0 Å². The van der Waals surface area contributed by atoms with E-state index >= 15 is 0 Å². The van der Waals surface area contributed by atoms with Crippen molar-refractivity contribution in [1.29, 1.82) is 0 Å². The minimum absolute atomic E-state index is 0.110. The molecule has 2 saturated carbocycles.